The van der Waals surface area contributed by atoms with Gasteiger partial charge in [0.15, 0.2) is 0 Å². The number of halogens is 2. The topological polar surface area (TPSA) is 42.0 Å². The molecule has 1 N–H and O–H groups in total. The van der Waals surface area contributed by atoms with Gasteiger partial charge in [-0.3, -0.25) is 4.79 Å². The average molecular weight is 419 g/mol. The van der Waals surface area contributed by atoms with Crippen molar-refractivity contribution in [3.63, 3.8) is 0 Å². The van der Waals surface area contributed by atoms with Crippen molar-refractivity contribution in [2.45, 2.75) is 13.3 Å². The molecule has 0 unspecified atom stereocenters. The van der Waals surface area contributed by atoms with Crippen molar-refractivity contribution in [1.82, 2.24) is 10.3 Å². The van der Waals surface area contributed by atoms with Crippen molar-refractivity contribution >= 4 is 33.2 Å². The second kappa shape index (κ2) is 7.89. The first-order chi connectivity index (χ1) is 12.0. The number of nitrogens with one attached hydrogen (secondary N) is 1. The predicted octanol–water partition coefficient (Wildman–Crippen LogP) is 4.99. The lowest BCUT2D eigenvalue weighted by Gasteiger charge is -2.04. The van der Waals surface area contributed by atoms with E-state index in [0.717, 1.165) is 25.6 Å². The van der Waals surface area contributed by atoms with E-state index in [4.69, 9.17) is 0 Å². The highest BCUT2D eigenvalue weighted by Gasteiger charge is 2.11. The Bertz CT molecular complexity index is 893. The Hall–Kier alpha value is -2.05. The van der Waals surface area contributed by atoms with Crippen molar-refractivity contribution in [1.29, 1.82) is 0 Å². The van der Waals surface area contributed by atoms with Crippen LogP contribution in [0.3, 0.4) is 0 Å². The highest BCUT2D eigenvalue weighted by molar-refractivity contribution is 9.10. The maximum atomic E-state index is 13.4. The molecule has 1 aromatic heterocycles. The minimum Gasteiger partial charge on any atom is -0.352 e. The fraction of sp³-hybridized carbons (Fsp3) is 0.158. The molecule has 0 bridgehead atoms. The summed E-state index contributed by atoms with van der Waals surface area (Å²) < 4.78 is 14.3. The van der Waals surface area contributed by atoms with Gasteiger partial charge in [0.1, 0.15) is 10.8 Å². The van der Waals surface area contributed by atoms with Gasteiger partial charge in [0.05, 0.1) is 5.69 Å². The van der Waals surface area contributed by atoms with Crippen molar-refractivity contribution in [3.05, 3.63) is 75.0 Å². The largest absolute Gasteiger partial charge is 0.352 e. The van der Waals surface area contributed by atoms with E-state index in [9.17, 15) is 9.18 Å². The summed E-state index contributed by atoms with van der Waals surface area (Å²) in [5.74, 6) is -0.367. The Kier molecular flexibility index (Phi) is 5.60. The van der Waals surface area contributed by atoms with Crippen LogP contribution in [0.4, 0.5) is 4.39 Å². The summed E-state index contributed by atoms with van der Waals surface area (Å²) in [6.45, 7) is 2.46. The third kappa shape index (κ3) is 4.52. The fourth-order valence-corrected chi connectivity index (χ4v) is 3.72. The molecule has 0 radical (unpaired) electrons. The molecular formula is C19H16BrFN2OS. The summed E-state index contributed by atoms with van der Waals surface area (Å²) in [4.78, 5) is 17.7. The lowest BCUT2D eigenvalue weighted by Crippen LogP contribution is -2.25. The third-order valence-corrected chi connectivity index (χ3v) is 5.50. The van der Waals surface area contributed by atoms with Crippen LogP contribution in [0.15, 0.2) is 53.0 Å². The lowest BCUT2D eigenvalue weighted by molar-refractivity contribution is 0.0954. The Morgan fingerprint density at radius 3 is 2.72 bits per heavy atom. The van der Waals surface area contributed by atoms with Crippen LogP contribution in [0.2, 0.25) is 0 Å². The average Bonchev–Trinajstić information content (AvgIpc) is 2.96. The van der Waals surface area contributed by atoms with Gasteiger partial charge in [0.25, 0.3) is 5.91 Å². The first-order valence-electron chi connectivity index (χ1n) is 7.79. The van der Waals surface area contributed by atoms with E-state index in [2.05, 4.69) is 26.2 Å². The van der Waals surface area contributed by atoms with Gasteiger partial charge >= 0.3 is 0 Å². The molecule has 0 atom stereocenters. The summed E-state index contributed by atoms with van der Waals surface area (Å²) in [6, 6.07) is 13.7. The van der Waals surface area contributed by atoms with Crippen LogP contribution in [-0.4, -0.2) is 17.4 Å². The van der Waals surface area contributed by atoms with Crippen LogP contribution in [0.1, 0.15) is 20.9 Å². The molecule has 0 saturated carbocycles. The predicted molar refractivity (Wildman–Crippen MR) is 102 cm³/mol. The summed E-state index contributed by atoms with van der Waals surface area (Å²) in [5, 5.41) is 3.71. The van der Waals surface area contributed by atoms with Gasteiger partial charge in [0.2, 0.25) is 0 Å². The zero-order valence-corrected chi connectivity index (χ0v) is 16.0. The van der Waals surface area contributed by atoms with Crippen LogP contribution >= 0.6 is 27.3 Å². The smallest absolute Gasteiger partial charge is 0.251 e. The van der Waals surface area contributed by atoms with E-state index in [1.807, 2.05) is 25.1 Å². The first kappa shape index (κ1) is 17.8. The highest BCUT2D eigenvalue weighted by atomic mass is 79.9. The molecule has 2 aromatic carbocycles. The maximum Gasteiger partial charge on any atom is 0.251 e. The van der Waals surface area contributed by atoms with E-state index >= 15 is 0 Å². The number of hydrogen-bond donors (Lipinski definition) is 1. The highest BCUT2D eigenvalue weighted by Crippen LogP contribution is 2.28. The Labute approximate surface area is 158 Å². The van der Waals surface area contributed by atoms with E-state index in [1.54, 1.807) is 18.2 Å². The molecule has 3 aromatic rings. The van der Waals surface area contributed by atoms with Gasteiger partial charge in [0, 0.05) is 33.4 Å². The first-order valence-corrected chi connectivity index (χ1v) is 9.40. The molecular weight excluding hydrogens is 403 g/mol. The van der Waals surface area contributed by atoms with Gasteiger partial charge < -0.3 is 5.32 Å². The van der Waals surface area contributed by atoms with Gasteiger partial charge in [-0.15, -0.1) is 11.3 Å². The molecule has 0 spiro atoms. The second-order valence-corrected chi connectivity index (χ2v) is 7.55. The van der Waals surface area contributed by atoms with Gasteiger partial charge in [-0.1, -0.05) is 28.1 Å². The number of carbonyl (C=O) groups excluding carboxylic acids is 1. The van der Waals surface area contributed by atoms with E-state index < -0.39 is 0 Å². The summed E-state index contributed by atoms with van der Waals surface area (Å²) in [5.41, 5.74) is 2.32. The SMILES string of the molecule is Cc1nc(-c2cccc(F)c2)sc1CCNC(=O)c1ccc(Br)cc1. The van der Waals surface area contributed by atoms with Crippen molar-refractivity contribution in [2.24, 2.45) is 0 Å². The number of rotatable bonds is 5. The summed E-state index contributed by atoms with van der Waals surface area (Å²) >= 11 is 4.89. The molecule has 0 saturated heterocycles. The number of aromatic nitrogens is 1. The molecule has 1 amide bonds. The number of amides is 1. The minimum atomic E-state index is -0.270. The molecule has 0 fully saturated rings. The Balaban J connectivity index is 1.62. The molecule has 0 aliphatic carbocycles. The van der Waals surface area contributed by atoms with Gasteiger partial charge in [-0.05, 0) is 43.3 Å². The fourth-order valence-electron chi connectivity index (χ4n) is 2.40. The van der Waals surface area contributed by atoms with E-state index in [1.165, 1.54) is 23.5 Å². The van der Waals surface area contributed by atoms with E-state index in [0.29, 0.717) is 18.5 Å². The van der Waals surface area contributed by atoms with E-state index in [-0.39, 0.29) is 11.7 Å². The number of aryl methyl sites for hydroxylation is 1. The molecule has 1 heterocycles. The summed E-state index contributed by atoms with van der Waals surface area (Å²) in [6.07, 6.45) is 0.696. The Morgan fingerprint density at radius 1 is 1.24 bits per heavy atom. The molecule has 25 heavy (non-hydrogen) atoms. The number of hydrogen-bond acceptors (Lipinski definition) is 3. The zero-order chi connectivity index (χ0) is 17.8. The number of benzene rings is 2. The van der Waals surface area contributed by atoms with Crippen molar-refractivity contribution in [3.8, 4) is 10.6 Å². The maximum absolute atomic E-state index is 13.4. The van der Waals surface area contributed by atoms with Crippen LogP contribution in [-0.2, 0) is 6.42 Å². The van der Waals surface area contributed by atoms with Crippen molar-refractivity contribution in [2.75, 3.05) is 6.54 Å². The quantitative estimate of drug-likeness (QED) is 0.633. The summed E-state index contributed by atoms with van der Waals surface area (Å²) in [7, 11) is 0. The molecule has 0 aliphatic rings. The number of nitrogens with zero attached hydrogens (tertiary/aromatic N) is 1. The van der Waals surface area contributed by atoms with Crippen LogP contribution in [0.25, 0.3) is 10.6 Å². The second-order valence-electron chi connectivity index (χ2n) is 5.55. The zero-order valence-electron chi connectivity index (χ0n) is 13.6. The minimum absolute atomic E-state index is 0.0972. The van der Waals surface area contributed by atoms with Crippen LogP contribution < -0.4 is 5.32 Å². The van der Waals surface area contributed by atoms with Gasteiger partial charge in [-0.2, -0.15) is 0 Å². The van der Waals surface area contributed by atoms with Crippen LogP contribution in [0, 0.1) is 12.7 Å². The normalized spacial score (nSPS) is 10.7. The van der Waals surface area contributed by atoms with Crippen LogP contribution in [0.5, 0.6) is 0 Å². The lowest BCUT2D eigenvalue weighted by atomic mass is 10.2. The molecule has 3 rings (SSSR count). The monoisotopic (exact) mass is 418 g/mol. The molecule has 128 valence electrons. The number of carbonyl (C=O) groups is 1. The standard InChI is InChI=1S/C19H16BrFN2OS/c1-12-17(25-19(23-12)14-3-2-4-16(21)11-14)9-10-22-18(24)13-5-7-15(20)8-6-13/h2-8,11H,9-10H2,1H3,(H,22,24). The Morgan fingerprint density at radius 2 is 2.00 bits per heavy atom. The number of thiazole rings is 1. The molecule has 3 nitrogen and oxygen atoms in total. The van der Waals surface area contributed by atoms with Gasteiger partial charge in [-0.25, -0.2) is 9.37 Å². The molecule has 6 heteroatoms. The third-order valence-electron chi connectivity index (χ3n) is 3.71. The molecule has 0 aliphatic heterocycles. The van der Waals surface area contributed by atoms with Crippen molar-refractivity contribution < 1.29 is 9.18 Å².